The molecule has 1 aliphatic heterocycles. The van der Waals surface area contributed by atoms with Crippen molar-refractivity contribution in [2.75, 3.05) is 13.2 Å². The van der Waals surface area contributed by atoms with Crippen molar-refractivity contribution in [1.82, 2.24) is 10.4 Å². The fourth-order valence-corrected chi connectivity index (χ4v) is 6.03. The average Bonchev–Trinajstić information content (AvgIpc) is 2.92. The van der Waals surface area contributed by atoms with Gasteiger partial charge in [0.1, 0.15) is 5.75 Å². The third kappa shape index (κ3) is 10.3. The number of ether oxygens (including phenoxy) is 1. The third-order valence-electron chi connectivity index (χ3n) is 8.07. The quantitative estimate of drug-likeness (QED) is 0.220. The molecule has 0 spiro atoms. The van der Waals surface area contributed by atoms with Crippen molar-refractivity contribution in [2.45, 2.75) is 122 Å². The Balaban J connectivity index is 1.13. The number of unbranched alkanes of at least 4 members (excludes halogenated alkanes) is 9. The van der Waals surface area contributed by atoms with E-state index >= 15 is 0 Å². The van der Waals surface area contributed by atoms with Crippen LogP contribution < -0.4 is 10.1 Å². The van der Waals surface area contributed by atoms with E-state index in [-0.39, 0.29) is 11.1 Å². The second-order valence-electron chi connectivity index (χ2n) is 12.6. The van der Waals surface area contributed by atoms with Gasteiger partial charge in [-0.25, -0.2) is 0 Å². The van der Waals surface area contributed by atoms with Gasteiger partial charge in [-0.2, -0.15) is 5.26 Å². The summed E-state index contributed by atoms with van der Waals surface area (Å²) < 4.78 is 5.92. The van der Waals surface area contributed by atoms with Crippen molar-refractivity contribution < 1.29 is 9.94 Å². The number of benzene rings is 2. The zero-order chi connectivity index (χ0) is 28.1. The van der Waals surface area contributed by atoms with E-state index in [1.54, 1.807) is 0 Å². The van der Waals surface area contributed by atoms with Gasteiger partial charge in [-0.05, 0) is 95.3 Å². The number of nitriles is 1. The Morgan fingerprint density at radius 2 is 1.23 bits per heavy atom. The lowest BCUT2D eigenvalue weighted by Crippen LogP contribution is -2.61. The van der Waals surface area contributed by atoms with E-state index in [9.17, 15) is 5.21 Å². The van der Waals surface area contributed by atoms with Crippen molar-refractivity contribution in [3.8, 4) is 22.9 Å². The van der Waals surface area contributed by atoms with Crippen LogP contribution in [0.3, 0.4) is 0 Å². The van der Waals surface area contributed by atoms with E-state index in [1.807, 2.05) is 36.4 Å². The normalized spacial score (nSPS) is 17.1. The van der Waals surface area contributed by atoms with Crippen LogP contribution >= 0.6 is 0 Å². The molecule has 0 atom stereocenters. The highest BCUT2D eigenvalue weighted by atomic mass is 16.5. The predicted octanol–water partition coefficient (Wildman–Crippen LogP) is 8.46. The number of rotatable bonds is 16. The van der Waals surface area contributed by atoms with Gasteiger partial charge in [0.25, 0.3) is 0 Å². The number of nitrogens with one attached hydrogen (secondary N) is 1. The Labute approximate surface area is 237 Å². The molecule has 5 heteroatoms. The first-order valence-corrected chi connectivity index (χ1v) is 15.2. The molecule has 1 fully saturated rings. The molecule has 39 heavy (non-hydrogen) atoms. The summed E-state index contributed by atoms with van der Waals surface area (Å²) >= 11 is 0. The van der Waals surface area contributed by atoms with E-state index in [0.717, 1.165) is 49.3 Å². The number of piperidine rings is 1. The fourth-order valence-electron chi connectivity index (χ4n) is 6.03. The average molecular weight is 533 g/mol. The molecule has 0 aliphatic carbocycles. The molecule has 5 nitrogen and oxygen atoms in total. The van der Waals surface area contributed by atoms with Gasteiger partial charge in [-0.3, -0.25) is 0 Å². The van der Waals surface area contributed by atoms with Crippen LogP contribution in [0, 0.1) is 11.3 Å². The van der Waals surface area contributed by atoms with Crippen molar-refractivity contribution >= 4 is 0 Å². The zero-order valence-corrected chi connectivity index (χ0v) is 24.8. The summed E-state index contributed by atoms with van der Waals surface area (Å²) in [4.78, 5) is 0. The van der Waals surface area contributed by atoms with Crippen LogP contribution in [-0.2, 0) is 5.21 Å². The highest BCUT2D eigenvalue weighted by molar-refractivity contribution is 5.64. The summed E-state index contributed by atoms with van der Waals surface area (Å²) in [7, 11) is 0. The minimum absolute atomic E-state index is 0.284. The van der Waals surface area contributed by atoms with Crippen molar-refractivity contribution in [3.05, 3.63) is 54.1 Å². The second kappa shape index (κ2) is 15.4. The number of hydrogen-bond acceptors (Lipinski definition) is 4. The number of hydroxylamine groups is 2. The van der Waals surface area contributed by atoms with Crippen LogP contribution in [0.25, 0.3) is 11.1 Å². The first kappa shape index (κ1) is 31.1. The van der Waals surface area contributed by atoms with E-state index in [2.05, 4.69) is 51.2 Å². The van der Waals surface area contributed by atoms with Gasteiger partial charge in [0.2, 0.25) is 0 Å². The molecule has 1 aliphatic rings. The summed E-state index contributed by atoms with van der Waals surface area (Å²) in [6, 6.07) is 18.5. The molecule has 0 bridgehead atoms. The van der Waals surface area contributed by atoms with Crippen LogP contribution in [0.15, 0.2) is 48.5 Å². The van der Waals surface area contributed by atoms with Gasteiger partial charge in [0.15, 0.2) is 0 Å². The Morgan fingerprint density at radius 3 is 1.74 bits per heavy atom. The molecular weight excluding hydrogens is 482 g/mol. The lowest BCUT2D eigenvalue weighted by molar-refractivity contribution is -0.290. The van der Waals surface area contributed by atoms with Gasteiger partial charge in [0, 0.05) is 17.1 Å². The van der Waals surface area contributed by atoms with Crippen molar-refractivity contribution in [1.29, 1.82) is 5.26 Å². The van der Waals surface area contributed by atoms with Crippen LogP contribution in [0.1, 0.15) is 110 Å². The Morgan fingerprint density at radius 1 is 0.769 bits per heavy atom. The summed E-state index contributed by atoms with van der Waals surface area (Å²) in [6.07, 6.45) is 14.7. The molecule has 0 aromatic heterocycles. The van der Waals surface area contributed by atoms with Crippen LogP contribution in [-0.4, -0.2) is 35.3 Å². The topological polar surface area (TPSA) is 68.2 Å². The van der Waals surface area contributed by atoms with Gasteiger partial charge < -0.3 is 10.1 Å². The molecule has 0 amide bonds. The van der Waals surface area contributed by atoms with Crippen molar-refractivity contribution in [2.24, 2.45) is 0 Å². The second-order valence-corrected chi connectivity index (χ2v) is 12.6. The first-order valence-electron chi connectivity index (χ1n) is 15.2. The number of nitrogens with zero attached hydrogens (tertiary/aromatic N) is 2. The maximum atomic E-state index is 12.5. The Kier molecular flexibility index (Phi) is 12.3. The molecule has 2 aromatic rings. The summed E-state index contributed by atoms with van der Waals surface area (Å²) in [6.45, 7) is 10.1. The smallest absolute Gasteiger partial charge is 0.119 e. The standard InChI is InChI=1S/C34H50N3O2/c1-33(2)25-31(26-34(3,4)37(33)38)36-23-13-11-9-7-5-6-8-10-12-14-24-39-32-21-19-30(20-22-32)29-17-15-28(27-35)16-18-29/h15-22,31,36H,5-14,23-26H2,1-4H3. The van der Waals surface area contributed by atoms with E-state index in [0.29, 0.717) is 11.6 Å². The fraction of sp³-hybridized carbons (Fsp3) is 0.618. The van der Waals surface area contributed by atoms with Crippen LogP contribution in [0.5, 0.6) is 5.75 Å². The Hall–Kier alpha value is -2.39. The molecular formula is C34H50N3O2. The van der Waals surface area contributed by atoms with Crippen LogP contribution in [0.2, 0.25) is 0 Å². The maximum Gasteiger partial charge on any atom is 0.119 e. The van der Waals surface area contributed by atoms with Gasteiger partial charge in [-0.15, -0.1) is 10.3 Å². The SMILES string of the molecule is CC1(C)CC(NCCCCCCCCCCCCOc2ccc(-c3ccc(C#N)cc3)cc2)CC(C)(C)N1[O]. The lowest BCUT2D eigenvalue weighted by atomic mass is 9.79. The molecule has 2 aromatic carbocycles. The minimum Gasteiger partial charge on any atom is -0.494 e. The molecule has 0 unspecified atom stereocenters. The predicted molar refractivity (Wildman–Crippen MR) is 160 cm³/mol. The van der Waals surface area contributed by atoms with Crippen LogP contribution in [0.4, 0.5) is 0 Å². The summed E-state index contributed by atoms with van der Waals surface area (Å²) in [5, 5.41) is 26.5. The van der Waals surface area contributed by atoms with Gasteiger partial charge in [0.05, 0.1) is 18.2 Å². The third-order valence-corrected chi connectivity index (χ3v) is 8.07. The molecule has 1 N–H and O–H groups in total. The van der Waals surface area contributed by atoms with Crippen molar-refractivity contribution in [3.63, 3.8) is 0 Å². The molecule has 1 saturated heterocycles. The lowest BCUT2D eigenvalue weighted by Gasteiger charge is -2.50. The number of hydrogen-bond donors (Lipinski definition) is 1. The zero-order valence-electron chi connectivity index (χ0n) is 24.8. The largest absolute Gasteiger partial charge is 0.494 e. The van der Waals surface area contributed by atoms with E-state index in [4.69, 9.17) is 10.00 Å². The van der Waals surface area contributed by atoms with Gasteiger partial charge in [-0.1, -0.05) is 75.6 Å². The molecule has 213 valence electrons. The van der Waals surface area contributed by atoms with E-state index in [1.165, 1.54) is 62.9 Å². The summed E-state index contributed by atoms with van der Waals surface area (Å²) in [5.41, 5.74) is 2.36. The summed E-state index contributed by atoms with van der Waals surface area (Å²) in [5.74, 6) is 0.920. The molecule has 3 rings (SSSR count). The molecule has 1 heterocycles. The Bertz CT molecular complexity index is 990. The minimum atomic E-state index is -0.284. The monoisotopic (exact) mass is 532 g/mol. The maximum absolute atomic E-state index is 12.5. The highest BCUT2D eigenvalue weighted by Gasteiger charge is 2.45. The highest BCUT2D eigenvalue weighted by Crippen LogP contribution is 2.37. The first-order chi connectivity index (χ1) is 18.7. The van der Waals surface area contributed by atoms with E-state index < -0.39 is 0 Å². The van der Waals surface area contributed by atoms with Gasteiger partial charge >= 0.3 is 0 Å². The molecule has 0 saturated carbocycles. The molecule has 1 radical (unpaired) electrons.